The molecule has 4 aromatic rings. The largest absolute Gasteiger partial charge is 0.504 e. The van der Waals surface area contributed by atoms with Gasteiger partial charge in [0.1, 0.15) is 5.75 Å². The minimum Gasteiger partial charge on any atom is -0.504 e. The number of allylic oxidation sites excluding steroid dienone is 2. The van der Waals surface area contributed by atoms with Crippen LogP contribution in [0.4, 0.5) is 0 Å². The second-order valence-electron chi connectivity index (χ2n) is 9.75. The number of ketones is 2. The first-order valence-electron chi connectivity index (χ1n) is 13.6. The fourth-order valence-electron chi connectivity index (χ4n) is 4.61. The van der Waals surface area contributed by atoms with Gasteiger partial charge in [-0.25, -0.2) is 0 Å². The Morgan fingerprint density at radius 1 is 0.837 bits per heavy atom. The Hall–Kier alpha value is -5.31. The number of methoxy groups -OCH3 is 3. The number of nitrogens with zero attached hydrogens (tertiary/aromatic N) is 1. The van der Waals surface area contributed by atoms with Crippen LogP contribution in [-0.4, -0.2) is 60.3 Å². The van der Waals surface area contributed by atoms with Crippen molar-refractivity contribution in [1.82, 2.24) is 4.98 Å². The first-order valence-corrected chi connectivity index (χ1v) is 13.6. The number of benzene rings is 3. The molecule has 5 rings (SSSR count). The van der Waals surface area contributed by atoms with Crippen molar-refractivity contribution in [2.45, 2.75) is 19.8 Å². The van der Waals surface area contributed by atoms with Gasteiger partial charge in [0.15, 0.2) is 34.6 Å². The van der Waals surface area contributed by atoms with Gasteiger partial charge in [0.25, 0.3) is 0 Å². The monoisotopic (exact) mass is 582 g/mol. The maximum atomic E-state index is 11.9. The van der Waals surface area contributed by atoms with Gasteiger partial charge >= 0.3 is 0 Å². The molecule has 0 unspecified atom stereocenters. The molecule has 0 radical (unpaired) electrons. The fraction of sp³-hybridized carbons (Fsp3) is 0.206. The number of phenolic OH excluding ortho intramolecular Hbond substituents is 2. The predicted molar refractivity (Wildman–Crippen MR) is 168 cm³/mol. The first kappa shape index (κ1) is 30.6. The number of phenols is 2. The Kier molecular flexibility index (Phi) is 10.0. The van der Waals surface area contributed by atoms with Crippen LogP contribution in [0.3, 0.4) is 0 Å². The number of aromatic nitrogens is 1. The Labute approximate surface area is 249 Å². The van der Waals surface area contributed by atoms with Crippen molar-refractivity contribution in [2.75, 3.05) is 27.9 Å². The number of hydrogen-bond donors (Lipinski definition) is 3. The molecule has 0 spiro atoms. The van der Waals surface area contributed by atoms with E-state index in [-0.39, 0.29) is 29.5 Å². The van der Waals surface area contributed by atoms with Gasteiger partial charge in [-0.3, -0.25) is 14.6 Å². The Bertz CT molecular complexity index is 1660. The van der Waals surface area contributed by atoms with Crippen molar-refractivity contribution >= 4 is 40.3 Å². The van der Waals surface area contributed by atoms with E-state index in [1.165, 1.54) is 55.1 Å². The van der Waals surface area contributed by atoms with Crippen LogP contribution >= 0.6 is 0 Å². The van der Waals surface area contributed by atoms with E-state index in [1.807, 2.05) is 12.1 Å². The highest BCUT2D eigenvalue weighted by molar-refractivity contribution is 6.11. The van der Waals surface area contributed by atoms with E-state index < -0.39 is 0 Å². The summed E-state index contributed by atoms with van der Waals surface area (Å²) in [5, 5.41) is 20.4. The number of ether oxygens (including phenoxy) is 3. The third kappa shape index (κ3) is 7.71. The van der Waals surface area contributed by atoms with E-state index in [1.54, 1.807) is 43.5 Å². The quantitative estimate of drug-likeness (QED) is 0.165. The van der Waals surface area contributed by atoms with Crippen LogP contribution in [0.1, 0.15) is 35.7 Å². The maximum absolute atomic E-state index is 11.9. The molecule has 222 valence electrons. The molecule has 0 amide bonds. The van der Waals surface area contributed by atoms with Gasteiger partial charge in [-0.1, -0.05) is 24.3 Å². The predicted octanol–water partition coefficient (Wildman–Crippen LogP) is 5.91. The topological polar surface area (TPSA) is 130 Å². The van der Waals surface area contributed by atoms with Gasteiger partial charge in [-0.15, -0.1) is 0 Å². The number of hydrogen-bond acceptors (Lipinski definition) is 8. The molecular weight excluding hydrogens is 548 g/mol. The van der Waals surface area contributed by atoms with Gasteiger partial charge < -0.3 is 29.4 Å². The molecule has 0 saturated heterocycles. The molecule has 43 heavy (non-hydrogen) atoms. The van der Waals surface area contributed by atoms with Crippen LogP contribution < -0.4 is 14.2 Å². The fourth-order valence-corrected chi connectivity index (χ4v) is 4.61. The van der Waals surface area contributed by atoms with Crippen LogP contribution in [-0.2, 0) is 16.0 Å². The number of aromatic amines is 1. The molecule has 0 atom stereocenters. The van der Waals surface area contributed by atoms with Crippen LogP contribution in [0.2, 0.25) is 0 Å². The number of aromatic hydroxyl groups is 2. The highest BCUT2D eigenvalue weighted by atomic mass is 16.5. The van der Waals surface area contributed by atoms with Crippen molar-refractivity contribution in [3.8, 4) is 28.7 Å². The molecule has 0 aliphatic carbocycles. The van der Waals surface area contributed by atoms with Crippen LogP contribution in [0, 0.1) is 0 Å². The third-order valence-electron chi connectivity index (χ3n) is 6.87. The number of fused-ring (bicyclic) bond motifs is 3. The summed E-state index contributed by atoms with van der Waals surface area (Å²) in [6.45, 7) is 2.96. The Morgan fingerprint density at radius 3 is 1.95 bits per heavy atom. The maximum Gasteiger partial charge on any atom is 0.163 e. The van der Waals surface area contributed by atoms with Crippen molar-refractivity contribution in [2.24, 2.45) is 4.99 Å². The van der Waals surface area contributed by atoms with E-state index in [4.69, 9.17) is 14.2 Å². The zero-order chi connectivity index (χ0) is 30.9. The third-order valence-corrected chi connectivity index (χ3v) is 6.87. The van der Waals surface area contributed by atoms with Gasteiger partial charge in [0, 0.05) is 23.5 Å². The molecule has 1 aliphatic heterocycles. The summed E-state index contributed by atoms with van der Waals surface area (Å²) >= 11 is 0. The highest BCUT2D eigenvalue weighted by Gasteiger charge is 2.16. The van der Waals surface area contributed by atoms with Gasteiger partial charge in [-0.2, -0.15) is 0 Å². The molecule has 9 heteroatoms. The zero-order valence-electron chi connectivity index (χ0n) is 24.5. The first-order chi connectivity index (χ1) is 20.7. The number of carbonyl (C=O) groups is 2. The van der Waals surface area contributed by atoms with E-state index in [0.717, 1.165) is 29.9 Å². The zero-order valence-corrected chi connectivity index (χ0v) is 24.5. The molecule has 1 aliphatic rings. The van der Waals surface area contributed by atoms with Gasteiger partial charge in [0.05, 0.1) is 39.2 Å². The van der Waals surface area contributed by atoms with Gasteiger partial charge in [-0.05, 0) is 78.6 Å². The molecule has 1 aromatic heterocycles. The molecule has 2 heterocycles. The lowest BCUT2D eigenvalue weighted by Crippen LogP contribution is -2.08. The summed E-state index contributed by atoms with van der Waals surface area (Å²) in [5.74, 6) is 0.806. The van der Waals surface area contributed by atoms with Crippen molar-refractivity contribution < 1.29 is 34.0 Å². The molecule has 0 bridgehead atoms. The lowest BCUT2D eigenvalue weighted by molar-refractivity contribution is -0.121. The average molecular weight is 583 g/mol. The summed E-state index contributed by atoms with van der Waals surface area (Å²) in [7, 11) is 4.56. The van der Waals surface area contributed by atoms with Crippen molar-refractivity contribution in [1.29, 1.82) is 0 Å². The van der Waals surface area contributed by atoms with Crippen molar-refractivity contribution in [3.63, 3.8) is 0 Å². The average Bonchev–Trinajstić information content (AvgIpc) is 3.39. The highest BCUT2D eigenvalue weighted by Crippen LogP contribution is 2.29. The van der Waals surface area contributed by atoms with Crippen LogP contribution in [0.25, 0.3) is 23.1 Å². The molecule has 3 N–H and O–H groups in total. The van der Waals surface area contributed by atoms with Crippen molar-refractivity contribution in [3.05, 3.63) is 89.1 Å². The lowest BCUT2D eigenvalue weighted by Gasteiger charge is -2.09. The van der Waals surface area contributed by atoms with E-state index >= 15 is 0 Å². The molecule has 0 fully saturated rings. The Balaban J connectivity index is 0.000000222. The smallest absolute Gasteiger partial charge is 0.163 e. The number of aliphatic imine (C=N–C) groups is 1. The molecule has 9 nitrogen and oxygen atoms in total. The number of rotatable bonds is 9. The number of H-pyrrole nitrogens is 1. The summed E-state index contributed by atoms with van der Waals surface area (Å²) in [6, 6.07) is 15.5. The lowest BCUT2D eigenvalue weighted by atomic mass is 10.0. The normalized spacial score (nSPS) is 12.4. The minimum atomic E-state index is -0.347. The van der Waals surface area contributed by atoms with E-state index in [2.05, 4.69) is 23.0 Å². The number of carbonyl (C=O) groups excluding carboxylic acids is 2. The van der Waals surface area contributed by atoms with E-state index in [9.17, 15) is 19.8 Å². The minimum absolute atomic E-state index is 0.00662. The second kappa shape index (κ2) is 14.0. The van der Waals surface area contributed by atoms with Crippen LogP contribution in [0.5, 0.6) is 28.7 Å². The number of nitrogens with one attached hydrogen (secondary N) is 1. The second-order valence-corrected chi connectivity index (χ2v) is 9.75. The van der Waals surface area contributed by atoms with Crippen LogP contribution in [0.15, 0.2) is 71.7 Å². The summed E-state index contributed by atoms with van der Waals surface area (Å²) < 4.78 is 15.2. The summed E-state index contributed by atoms with van der Waals surface area (Å²) in [4.78, 5) is 31.8. The molecule has 0 saturated carbocycles. The molecular formula is C34H34N2O7. The Morgan fingerprint density at radius 2 is 1.42 bits per heavy atom. The molecule has 3 aromatic carbocycles. The van der Waals surface area contributed by atoms with E-state index in [0.29, 0.717) is 22.6 Å². The standard InChI is InChI=1S/C21H20O6.C13H14N2O/c1-26-20-11-14(5-9-18(20)24)3-7-16(22)13-17(23)8-4-15-6-10-19(25)21(12-15)27-2;1-8-13-11(5-6-14-8)10-4-3-9(16-2)7-12(10)15-13/h3-12,24-25H,13H2,1-2H3;3-4,7,15H,5-6H2,1-2H3. The SMILES string of the molecule is COc1cc(C=CC(=O)CC(=O)C=Cc2ccc(O)c(OC)c2)ccc1O.COc1ccc2c3c([nH]c2c1)C(C)=NCC3. The summed E-state index contributed by atoms with van der Waals surface area (Å²) in [5.41, 5.74) is 6.16. The van der Waals surface area contributed by atoms with Gasteiger partial charge in [0.2, 0.25) is 0 Å². The summed E-state index contributed by atoms with van der Waals surface area (Å²) in [6.07, 6.45) is 6.47.